The van der Waals surface area contributed by atoms with Gasteiger partial charge in [-0.25, -0.2) is 15.0 Å². The number of allylic oxidation sites excluding steroid dienone is 4. The van der Waals surface area contributed by atoms with Gasteiger partial charge in [-0.05, 0) is 90.9 Å². The summed E-state index contributed by atoms with van der Waals surface area (Å²) in [6, 6.07) is 62.4. The van der Waals surface area contributed by atoms with E-state index < -0.39 is 0 Å². The molecule has 0 amide bonds. The Hall–Kier alpha value is -7.69. The van der Waals surface area contributed by atoms with Gasteiger partial charge in [-0.15, -0.1) is 0 Å². The van der Waals surface area contributed by atoms with Crippen LogP contribution in [0.1, 0.15) is 30.9 Å². The fraction of sp³-hybridized carbons (Fsp3) is 0.0862. The molecule has 0 fully saturated rings. The molecule has 4 nitrogen and oxygen atoms in total. The zero-order valence-corrected chi connectivity index (χ0v) is 34.5. The van der Waals surface area contributed by atoms with Crippen molar-refractivity contribution >= 4 is 32.7 Å². The second-order valence-electron chi connectivity index (χ2n) is 17.2. The highest BCUT2D eigenvalue weighted by Gasteiger charge is 2.44. The Morgan fingerprint density at radius 2 is 1.00 bits per heavy atom. The minimum absolute atomic E-state index is 0.0683. The summed E-state index contributed by atoms with van der Waals surface area (Å²) in [6.45, 7) is 4.80. The van der Waals surface area contributed by atoms with Crippen LogP contribution in [-0.2, 0) is 5.41 Å². The molecule has 2 aromatic heterocycles. The van der Waals surface area contributed by atoms with Crippen LogP contribution in [-0.4, -0.2) is 15.0 Å². The first-order valence-corrected chi connectivity index (χ1v) is 21.4. The number of aromatic nitrogens is 3. The Morgan fingerprint density at radius 3 is 1.73 bits per heavy atom. The van der Waals surface area contributed by atoms with Crippen molar-refractivity contribution in [1.82, 2.24) is 15.0 Å². The molecule has 0 radical (unpaired) electrons. The summed E-state index contributed by atoms with van der Waals surface area (Å²) in [4.78, 5) is 15.1. The van der Waals surface area contributed by atoms with Gasteiger partial charge in [-0.2, -0.15) is 0 Å². The molecule has 12 rings (SSSR count). The first kappa shape index (κ1) is 36.2. The lowest BCUT2D eigenvalue weighted by molar-refractivity contribution is 0.394. The summed E-state index contributed by atoms with van der Waals surface area (Å²) < 4.78 is 6.53. The maximum atomic E-state index is 6.53. The molecule has 2 heterocycles. The SMILES string of the molecule is CC1(C)c2cc(-c3cccc(-c4ccc(-c5ccc6oc7cccc(-c8nc(-c9ccccc9)nc(-c9ccccc9)n8)c7c6c5)c5ccccc45)c3)ccc2C2C=CC=CC21. The summed E-state index contributed by atoms with van der Waals surface area (Å²) in [5, 5.41) is 4.40. The predicted octanol–water partition coefficient (Wildman–Crippen LogP) is 15.0. The monoisotopic (exact) mass is 795 g/mol. The van der Waals surface area contributed by atoms with Gasteiger partial charge < -0.3 is 4.42 Å². The molecule has 294 valence electrons. The van der Waals surface area contributed by atoms with E-state index in [2.05, 4.69) is 141 Å². The standard InChI is InChI=1S/C58H41N3O/c1-58(2)50-25-12-11-23-46(50)47-29-27-39(35-51(47)58)38-19-13-20-40(33-38)42-30-31-43(45-22-10-9-21-44(42)45)41-28-32-52-49(34-41)54-48(24-14-26-53(54)62-52)57-60-55(36-15-5-3-6-16-36)59-56(61-57)37-17-7-4-8-18-37/h3-35,46,50H,1-2H3. The highest BCUT2D eigenvalue weighted by Crippen LogP contribution is 2.53. The van der Waals surface area contributed by atoms with Gasteiger partial charge in [-0.3, -0.25) is 0 Å². The minimum Gasteiger partial charge on any atom is -0.456 e. The van der Waals surface area contributed by atoms with Gasteiger partial charge in [0.15, 0.2) is 17.5 Å². The van der Waals surface area contributed by atoms with Crippen LogP contribution < -0.4 is 0 Å². The molecule has 8 aromatic carbocycles. The van der Waals surface area contributed by atoms with Crippen molar-refractivity contribution in [2.24, 2.45) is 5.92 Å². The van der Waals surface area contributed by atoms with Gasteiger partial charge in [0.1, 0.15) is 11.2 Å². The molecule has 0 spiro atoms. The smallest absolute Gasteiger partial charge is 0.164 e. The molecule has 4 heteroatoms. The van der Waals surface area contributed by atoms with Gasteiger partial charge in [0.2, 0.25) is 0 Å². The molecule has 0 aliphatic heterocycles. The number of benzene rings is 8. The summed E-state index contributed by atoms with van der Waals surface area (Å²) in [7, 11) is 0. The molecule has 2 aliphatic rings. The van der Waals surface area contributed by atoms with E-state index in [0.29, 0.717) is 29.3 Å². The molecule has 2 atom stereocenters. The number of hydrogen-bond acceptors (Lipinski definition) is 4. The largest absolute Gasteiger partial charge is 0.456 e. The highest BCUT2D eigenvalue weighted by atomic mass is 16.3. The molecule has 0 N–H and O–H groups in total. The van der Waals surface area contributed by atoms with Gasteiger partial charge >= 0.3 is 0 Å². The van der Waals surface area contributed by atoms with Crippen LogP contribution in [0.15, 0.2) is 205 Å². The van der Waals surface area contributed by atoms with Crippen LogP contribution in [0.4, 0.5) is 0 Å². The third-order valence-corrected chi connectivity index (χ3v) is 13.3. The van der Waals surface area contributed by atoms with Crippen molar-refractivity contribution in [2.45, 2.75) is 25.2 Å². The minimum atomic E-state index is 0.0683. The first-order valence-electron chi connectivity index (χ1n) is 21.4. The highest BCUT2D eigenvalue weighted by molar-refractivity contribution is 6.14. The van der Waals surface area contributed by atoms with Crippen LogP contribution >= 0.6 is 0 Å². The van der Waals surface area contributed by atoms with Gasteiger partial charge in [0.25, 0.3) is 0 Å². The van der Waals surface area contributed by atoms with E-state index in [0.717, 1.165) is 49.8 Å². The number of furan rings is 1. The zero-order valence-electron chi connectivity index (χ0n) is 34.5. The molecular formula is C58H41N3O. The van der Waals surface area contributed by atoms with E-state index in [1.54, 1.807) is 0 Å². The number of hydrogen-bond donors (Lipinski definition) is 0. The van der Waals surface area contributed by atoms with E-state index in [-0.39, 0.29) is 5.41 Å². The van der Waals surface area contributed by atoms with Crippen LogP contribution in [0, 0.1) is 5.92 Å². The Balaban J connectivity index is 0.958. The molecule has 2 aliphatic carbocycles. The molecule has 0 bridgehead atoms. The molecule has 0 saturated heterocycles. The van der Waals surface area contributed by atoms with Crippen molar-refractivity contribution in [3.63, 3.8) is 0 Å². The van der Waals surface area contributed by atoms with E-state index in [4.69, 9.17) is 19.4 Å². The number of fused-ring (bicyclic) bond motifs is 7. The third kappa shape index (κ3) is 5.86. The fourth-order valence-corrected chi connectivity index (χ4v) is 10.1. The lowest BCUT2D eigenvalue weighted by Gasteiger charge is -2.29. The topological polar surface area (TPSA) is 51.8 Å². The molecule has 10 aromatic rings. The summed E-state index contributed by atoms with van der Waals surface area (Å²) in [6.07, 6.45) is 9.19. The Bertz CT molecular complexity index is 3390. The molecule has 0 saturated carbocycles. The van der Waals surface area contributed by atoms with Crippen LogP contribution in [0.3, 0.4) is 0 Å². The van der Waals surface area contributed by atoms with E-state index in [1.807, 2.05) is 72.8 Å². The third-order valence-electron chi connectivity index (χ3n) is 13.3. The second-order valence-corrected chi connectivity index (χ2v) is 17.2. The van der Waals surface area contributed by atoms with Crippen molar-refractivity contribution in [1.29, 1.82) is 0 Å². The Morgan fingerprint density at radius 1 is 0.419 bits per heavy atom. The van der Waals surface area contributed by atoms with Crippen molar-refractivity contribution in [2.75, 3.05) is 0 Å². The van der Waals surface area contributed by atoms with Crippen LogP contribution in [0.2, 0.25) is 0 Å². The average Bonchev–Trinajstić information content (AvgIpc) is 3.82. The average molecular weight is 796 g/mol. The first-order chi connectivity index (χ1) is 30.5. The maximum absolute atomic E-state index is 6.53. The normalized spacial score (nSPS) is 16.2. The molecule has 2 unspecified atom stereocenters. The van der Waals surface area contributed by atoms with Crippen molar-refractivity contribution in [3.8, 4) is 67.5 Å². The van der Waals surface area contributed by atoms with Gasteiger partial charge in [0.05, 0.1) is 0 Å². The Labute approximate surface area is 360 Å². The Kier molecular flexibility index (Phi) is 8.30. The summed E-state index contributed by atoms with van der Waals surface area (Å²) in [5.74, 6) is 2.79. The molecule has 62 heavy (non-hydrogen) atoms. The van der Waals surface area contributed by atoms with Crippen LogP contribution in [0.25, 0.3) is 100 Å². The van der Waals surface area contributed by atoms with E-state index in [9.17, 15) is 0 Å². The number of nitrogens with zero attached hydrogens (tertiary/aromatic N) is 3. The quantitative estimate of drug-likeness (QED) is 0.168. The summed E-state index contributed by atoms with van der Waals surface area (Å²) >= 11 is 0. The van der Waals surface area contributed by atoms with Gasteiger partial charge in [-0.1, -0.05) is 190 Å². The lowest BCUT2D eigenvalue weighted by atomic mass is 9.74. The van der Waals surface area contributed by atoms with Gasteiger partial charge in [0, 0.05) is 33.4 Å². The van der Waals surface area contributed by atoms with Crippen molar-refractivity contribution < 1.29 is 4.42 Å². The lowest BCUT2D eigenvalue weighted by Crippen LogP contribution is -2.24. The predicted molar refractivity (Wildman–Crippen MR) is 255 cm³/mol. The van der Waals surface area contributed by atoms with E-state index in [1.165, 1.54) is 44.2 Å². The fourth-order valence-electron chi connectivity index (χ4n) is 10.1. The second kappa shape index (κ2) is 14.2. The number of rotatable bonds is 6. The van der Waals surface area contributed by atoms with Crippen molar-refractivity contribution in [3.05, 3.63) is 211 Å². The maximum Gasteiger partial charge on any atom is 0.164 e. The molecular weight excluding hydrogens is 755 g/mol. The van der Waals surface area contributed by atoms with Crippen LogP contribution in [0.5, 0.6) is 0 Å². The van der Waals surface area contributed by atoms with E-state index >= 15 is 0 Å². The summed E-state index contributed by atoms with van der Waals surface area (Å²) in [5.41, 5.74) is 14.5. The zero-order chi connectivity index (χ0) is 41.4.